The molecule has 0 radical (unpaired) electrons. The Morgan fingerprint density at radius 3 is 2.00 bits per heavy atom. The zero-order valence-electron chi connectivity index (χ0n) is 20.8. The molecule has 0 fully saturated rings. The maximum Gasteiger partial charge on any atom is 0.326 e. The van der Waals surface area contributed by atoms with E-state index < -0.39 is 79.1 Å². The summed E-state index contributed by atoms with van der Waals surface area (Å²) >= 11 is 0. The van der Waals surface area contributed by atoms with Crippen molar-refractivity contribution in [3.63, 3.8) is 0 Å². The summed E-state index contributed by atoms with van der Waals surface area (Å²) in [7, 11) is 0. The van der Waals surface area contributed by atoms with E-state index in [0.717, 1.165) is 0 Å². The van der Waals surface area contributed by atoms with E-state index >= 15 is 0 Å². The van der Waals surface area contributed by atoms with Crippen LogP contribution in [0.2, 0.25) is 0 Å². The summed E-state index contributed by atoms with van der Waals surface area (Å²) in [4.78, 5) is 82.2. The van der Waals surface area contributed by atoms with E-state index in [1.807, 2.05) is 0 Å². The minimum Gasteiger partial charge on any atom is -0.481 e. The number of aliphatic imine (C=N–C) groups is 1. The van der Waals surface area contributed by atoms with Crippen LogP contribution in [0.15, 0.2) is 17.5 Å². The van der Waals surface area contributed by atoms with E-state index in [1.54, 1.807) is 0 Å². The number of guanidine groups is 1. The summed E-state index contributed by atoms with van der Waals surface area (Å²) in [6.45, 7) is 0.0694. The topological polar surface area (TPSA) is 318 Å². The van der Waals surface area contributed by atoms with Crippen LogP contribution in [0.25, 0.3) is 0 Å². The van der Waals surface area contributed by atoms with Gasteiger partial charge in [-0.25, -0.2) is 9.78 Å². The van der Waals surface area contributed by atoms with Gasteiger partial charge in [0.1, 0.15) is 18.1 Å². The quantitative estimate of drug-likeness (QED) is 0.0472. The number of nitrogens with one attached hydrogen (secondary N) is 4. The van der Waals surface area contributed by atoms with Crippen molar-refractivity contribution < 1.29 is 44.1 Å². The molecule has 0 spiro atoms. The molecule has 39 heavy (non-hydrogen) atoms. The van der Waals surface area contributed by atoms with Gasteiger partial charge in [0.15, 0.2) is 5.96 Å². The molecule has 1 aromatic heterocycles. The fraction of sp³-hybridized carbons (Fsp3) is 0.524. The molecule has 13 N–H and O–H groups in total. The van der Waals surface area contributed by atoms with E-state index in [-0.39, 0.29) is 31.8 Å². The SMILES string of the molecule is NC(N)=NCCCC(NC(=O)C(N)CC(=O)O)C(=O)NC(CCC(=O)O)C(=O)NC(Cc1cnc[nH]1)C(=O)O. The minimum atomic E-state index is -1.50. The molecule has 0 aliphatic rings. The summed E-state index contributed by atoms with van der Waals surface area (Å²) in [6, 6.07) is -5.76. The lowest BCUT2D eigenvalue weighted by Crippen LogP contribution is -2.57. The van der Waals surface area contributed by atoms with Crippen LogP contribution in [0.4, 0.5) is 0 Å². The molecule has 1 rings (SSSR count). The zero-order valence-corrected chi connectivity index (χ0v) is 20.8. The molecule has 4 unspecified atom stereocenters. The summed E-state index contributed by atoms with van der Waals surface area (Å²) in [5.41, 5.74) is 16.5. The number of H-pyrrole nitrogens is 1. The van der Waals surface area contributed by atoms with Crippen molar-refractivity contribution in [2.45, 2.75) is 62.7 Å². The van der Waals surface area contributed by atoms with Crippen molar-refractivity contribution in [2.24, 2.45) is 22.2 Å². The van der Waals surface area contributed by atoms with Gasteiger partial charge in [-0.05, 0) is 19.3 Å². The molecule has 0 saturated carbocycles. The third kappa shape index (κ3) is 12.9. The lowest BCUT2D eigenvalue weighted by molar-refractivity contribution is -0.143. The Labute approximate surface area is 221 Å². The maximum absolute atomic E-state index is 13.1. The molecule has 0 bridgehead atoms. The van der Waals surface area contributed by atoms with Gasteiger partial charge in [-0.1, -0.05) is 0 Å². The molecule has 0 saturated heterocycles. The number of aromatic nitrogens is 2. The fourth-order valence-electron chi connectivity index (χ4n) is 3.23. The van der Waals surface area contributed by atoms with E-state index in [0.29, 0.717) is 5.69 Å². The number of carboxylic acid groups (broad SMARTS) is 3. The second-order valence-electron chi connectivity index (χ2n) is 8.39. The molecule has 0 aliphatic heterocycles. The van der Waals surface area contributed by atoms with Gasteiger partial charge < -0.3 is 53.5 Å². The van der Waals surface area contributed by atoms with Gasteiger partial charge in [-0.3, -0.25) is 29.0 Å². The summed E-state index contributed by atoms with van der Waals surface area (Å²) < 4.78 is 0. The zero-order chi connectivity index (χ0) is 29.5. The number of carbonyl (C=O) groups excluding carboxylic acids is 3. The van der Waals surface area contributed by atoms with Crippen LogP contribution in [0.5, 0.6) is 0 Å². The average Bonchev–Trinajstić information content (AvgIpc) is 3.35. The Morgan fingerprint density at radius 1 is 0.897 bits per heavy atom. The average molecular weight is 556 g/mol. The van der Waals surface area contributed by atoms with Crippen molar-refractivity contribution in [3.05, 3.63) is 18.2 Å². The molecule has 18 nitrogen and oxygen atoms in total. The first-order valence-corrected chi connectivity index (χ1v) is 11.7. The van der Waals surface area contributed by atoms with Crippen molar-refractivity contribution in [1.82, 2.24) is 25.9 Å². The Hall–Kier alpha value is -4.74. The molecular formula is C21H33N9O9. The van der Waals surface area contributed by atoms with Crippen LogP contribution in [0.1, 0.15) is 37.8 Å². The molecule has 1 aromatic rings. The van der Waals surface area contributed by atoms with Gasteiger partial charge in [-0.15, -0.1) is 0 Å². The number of hydrogen-bond acceptors (Lipinski definition) is 9. The number of nitrogens with two attached hydrogens (primary N) is 3. The van der Waals surface area contributed by atoms with E-state index in [4.69, 9.17) is 27.4 Å². The van der Waals surface area contributed by atoms with Gasteiger partial charge >= 0.3 is 17.9 Å². The molecule has 0 aromatic carbocycles. The number of aliphatic carboxylic acids is 3. The first kappa shape index (κ1) is 32.3. The first-order chi connectivity index (χ1) is 18.3. The van der Waals surface area contributed by atoms with E-state index in [2.05, 4.69) is 30.9 Å². The number of rotatable bonds is 18. The number of aromatic amines is 1. The molecular weight excluding hydrogens is 522 g/mol. The Morgan fingerprint density at radius 2 is 1.49 bits per heavy atom. The van der Waals surface area contributed by atoms with E-state index in [1.165, 1.54) is 12.5 Å². The van der Waals surface area contributed by atoms with Gasteiger partial charge in [0, 0.05) is 31.3 Å². The fourth-order valence-corrected chi connectivity index (χ4v) is 3.23. The van der Waals surface area contributed by atoms with Crippen molar-refractivity contribution in [3.8, 4) is 0 Å². The molecule has 3 amide bonds. The molecule has 216 valence electrons. The van der Waals surface area contributed by atoms with Crippen LogP contribution in [0.3, 0.4) is 0 Å². The third-order valence-electron chi connectivity index (χ3n) is 5.18. The minimum absolute atomic E-state index is 0.0694. The van der Waals surface area contributed by atoms with Crippen molar-refractivity contribution >= 4 is 41.6 Å². The highest BCUT2D eigenvalue weighted by atomic mass is 16.4. The van der Waals surface area contributed by atoms with Gasteiger partial charge in [0.25, 0.3) is 0 Å². The molecule has 1 heterocycles. The van der Waals surface area contributed by atoms with Gasteiger partial charge in [0.05, 0.1) is 18.8 Å². The second kappa shape index (κ2) is 16.2. The maximum atomic E-state index is 13.1. The summed E-state index contributed by atoms with van der Waals surface area (Å²) in [5, 5.41) is 34.3. The molecule has 18 heteroatoms. The monoisotopic (exact) mass is 555 g/mol. The second-order valence-corrected chi connectivity index (χ2v) is 8.39. The lowest BCUT2D eigenvalue weighted by atomic mass is 10.1. The van der Waals surface area contributed by atoms with E-state index in [9.17, 15) is 33.9 Å². The summed E-state index contributed by atoms with van der Waals surface area (Å²) in [5.74, 6) is -7.10. The number of carboxylic acids is 3. The van der Waals surface area contributed by atoms with Crippen molar-refractivity contribution in [1.29, 1.82) is 0 Å². The standard InChI is InChI=1S/C21H33N9O9/c22-11(7-16(33)34)17(35)28-12(2-1-5-26-21(23)24)18(36)29-13(3-4-15(31)32)19(37)30-14(20(38)39)6-10-8-25-9-27-10/h8-9,11-14H,1-7,22H2,(H,25,27)(H,28,35)(H,29,36)(H,30,37)(H,31,32)(H,33,34)(H,38,39)(H4,23,24,26). The number of imidazole rings is 1. The van der Waals surface area contributed by atoms with Crippen LogP contribution in [-0.4, -0.2) is 97.6 Å². The van der Waals surface area contributed by atoms with Crippen LogP contribution >= 0.6 is 0 Å². The number of hydrogen-bond donors (Lipinski definition) is 10. The predicted octanol–water partition coefficient (Wildman–Crippen LogP) is -3.79. The highest BCUT2D eigenvalue weighted by molar-refractivity contribution is 5.95. The number of carbonyl (C=O) groups is 6. The normalized spacial score (nSPS) is 13.7. The predicted molar refractivity (Wildman–Crippen MR) is 133 cm³/mol. The van der Waals surface area contributed by atoms with Gasteiger partial charge in [-0.2, -0.15) is 0 Å². The highest BCUT2D eigenvalue weighted by Crippen LogP contribution is 2.06. The Kier molecular flexibility index (Phi) is 13.4. The number of nitrogens with zero attached hydrogens (tertiary/aromatic N) is 2. The Bertz CT molecular complexity index is 1040. The third-order valence-corrected chi connectivity index (χ3v) is 5.18. The van der Waals surface area contributed by atoms with Crippen molar-refractivity contribution in [2.75, 3.05) is 6.54 Å². The smallest absolute Gasteiger partial charge is 0.326 e. The van der Waals surface area contributed by atoms with Crippen LogP contribution in [-0.2, 0) is 35.2 Å². The lowest BCUT2D eigenvalue weighted by Gasteiger charge is -2.25. The summed E-state index contributed by atoms with van der Waals surface area (Å²) in [6.07, 6.45) is 0.918. The largest absolute Gasteiger partial charge is 0.481 e. The van der Waals surface area contributed by atoms with Gasteiger partial charge in [0.2, 0.25) is 17.7 Å². The number of amides is 3. The van der Waals surface area contributed by atoms with Crippen LogP contribution < -0.4 is 33.2 Å². The molecule has 4 atom stereocenters. The Balaban J connectivity index is 3.06. The van der Waals surface area contributed by atoms with Crippen LogP contribution in [0, 0.1) is 0 Å². The highest BCUT2D eigenvalue weighted by Gasteiger charge is 2.31. The first-order valence-electron chi connectivity index (χ1n) is 11.7. The molecule has 0 aliphatic carbocycles.